The van der Waals surface area contributed by atoms with E-state index in [1.165, 1.54) is 22.3 Å². The van der Waals surface area contributed by atoms with Gasteiger partial charge in [0.25, 0.3) is 0 Å². The minimum absolute atomic E-state index is 0.138. The van der Waals surface area contributed by atoms with E-state index in [0.717, 1.165) is 12.8 Å². The van der Waals surface area contributed by atoms with Crippen molar-refractivity contribution >= 4 is 0 Å². The van der Waals surface area contributed by atoms with E-state index >= 15 is 0 Å². The Bertz CT molecular complexity index is 523. The molecule has 1 N–H and O–H groups in total. The van der Waals surface area contributed by atoms with Gasteiger partial charge in [-0.05, 0) is 36.5 Å². The summed E-state index contributed by atoms with van der Waals surface area (Å²) in [6.45, 7) is 2.20. The molecule has 0 aromatic heterocycles. The molecular weight excluding hydrogens is 232 g/mol. The zero-order chi connectivity index (χ0) is 13.5. The quantitative estimate of drug-likeness (QED) is 0.790. The minimum Gasteiger partial charge on any atom is -0.392 e. The molecule has 0 aliphatic carbocycles. The lowest BCUT2D eigenvalue weighted by Crippen LogP contribution is -1.88. The second-order valence-corrected chi connectivity index (χ2v) is 4.80. The standard InChI is InChI=1S/C18H20O/c1-15(13-14-19)7-8-16-9-11-18(12-10-16)17-5-3-2-4-6-17/h2-6,9-13,19H,7-8,14H2,1H3. The average molecular weight is 252 g/mol. The van der Waals surface area contributed by atoms with E-state index in [1.54, 1.807) is 0 Å². The van der Waals surface area contributed by atoms with E-state index in [9.17, 15) is 0 Å². The molecule has 0 fully saturated rings. The van der Waals surface area contributed by atoms with Crippen molar-refractivity contribution in [2.75, 3.05) is 6.61 Å². The SMILES string of the molecule is CC(=CCO)CCc1ccc(-c2ccccc2)cc1. The van der Waals surface area contributed by atoms with Gasteiger partial charge in [0.15, 0.2) is 0 Å². The van der Waals surface area contributed by atoms with Crippen LogP contribution in [0.3, 0.4) is 0 Å². The molecule has 0 unspecified atom stereocenters. The van der Waals surface area contributed by atoms with Gasteiger partial charge < -0.3 is 5.11 Å². The van der Waals surface area contributed by atoms with Crippen LogP contribution in [0.15, 0.2) is 66.2 Å². The Balaban J connectivity index is 2.01. The largest absolute Gasteiger partial charge is 0.392 e. The van der Waals surface area contributed by atoms with E-state index in [4.69, 9.17) is 5.11 Å². The zero-order valence-corrected chi connectivity index (χ0v) is 11.3. The average Bonchev–Trinajstić information content (AvgIpc) is 2.47. The Morgan fingerprint density at radius 3 is 2.21 bits per heavy atom. The van der Waals surface area contributed by atoms with Gasteiger partial charge in [-0.2, -0.15) is 0 Å². The van der Waals surface area contributed by atoms with Crippen molar-refractivity contribution in [2.24, 2.45) is 0 Å². The lowest BCUT2D eigenvalue weighted by atomic mass is 10.0. The third kappa shape index (κ3) is 4.08. The maximum Gasteiger partial charge on any atom is 0.0614 e. The summed E-state index contributed by atoms with van der Waals surface area (Å²) in [5, 5.41) is 8.82. The molecule has 2 aromatic carbocycles. The highest BCUT2D eigenvalue weighted by atomic mass is 16.2. The monoisotopic (exact) mass is 252 g/mol. The van der Waals surface area contributed by atoms with E-state index in [-0.39, 0.29) is 6.61 Å². The summed E-state index contributed by atoms with van der Waals surface area (Å²) in [4.78, 5) is 0. The Morgan fingerprint density at radius 2 is 1.58 bits per heavy atom. The first-order chi connectivity index (χ1) is 9.29. The number of aliphatic hydroxyl groups excluding tert-OH is 1. The van der Waals surface area contributed by atoms with E-state index < -0.39 is 0 Å². The van der Waals surface area contributed by atoms with Crippen molar-refractivity contribution < 1.29 is 5.11 Å². The van der Waals surface area contributed by atoms with Crippen molar-refractivity contribution in [2.45, 2.75) is 19.8 Å². The number of hydrogen-bond acceptors (Lipinski definition) is 1. The molecule has 0 atom stereocenters. The molecule has 2 aromatic rings. The van der Waals surface area contributed by atoms with Crippen LogP contribution in [0.1, 0.15) is 18.9 Å². The third-order valence-electron chi connectivity index (χ3n) is 3.31. The fraction of sp³-hybridized carbons (Fsp3) is 0.222. The van der Waals surface area contributed by atoms with Gasteiger partial charge >= 0.3 is 0 Å². The molecule has 0 bridgehead atoms. The van der Waals surface area contributed by atoms with Gasteiger partial charge in [-0.25, -0.2) is 0 Å². The molecule has 0 amide bonds. The van der Waals surface area contributed by atoms with Crippen LogP contribution in [0, 0.1) is 0 Å². The fourth-order valence-electron chi connectivity index (χ4n) is 2.09. The second-order valence-electron chi connectivity index (χ2n) is 4.80. The maximum absolute atomic E-state index is 8.82. The van der Waals surface area contributed by atoms with Crippen LogP contribution in [0.5, 0.6) is 0 Å². The van der Waals surface area contributed by atoms with Crippen molar-refractivity contribution in [3.63, 3.8) is 0 Å². The summed E-state index contributed by atoms with van der Waals surface area (Å²) in [7, 11) is 0. The molecule has 0 saturated heterocycles. The number of rotatable bonds is 5. The zero-order valence-electron chi connectivity index (χ0n) is 11.3. The molecule has 0 aliphatic heterocycles. The molecule has 0 spiro atoms. The predicted octanol–water partition coefficient (Wildman–Crippen LogP) is 4.22. The summed E-state index contributed by atoms with van der Waals surface area (Å²) in [5.74, 6) is 0. The summed E-state index contributed by atoms with van der Waals surface area (Å²) in [6, 6.07) is 19.1. The lowest BCUT2D eigenvalue weighted by Gasteiger charge is -2.05. The van der Waals surface area contributed by atoms with Crippen molar-refractivity contribution in [1.82, 2.24) is 0 Å². The van der Waals surface area contributed by atoms with E-state index in [1.807, 2.05) is 12.1 Å². The highest BCUT2D eigenvalue weighted by Crippen LogP contribution is 2.20. The smallest absolute Gasteiger partial charge is 0.0614 e. The molecule has 1 heteroatoms. The van der Waals surface area contributed by atoms with Crippen LogP contribution >= 0.6 is 0 Å². The Morgan fingerprint density at radius 1 is 0.947 bits per heavy atom. The van der Waals surface area contributed by atoms with Gasteiger partial charge in [0.05, 0.1) is 6.61 Å². The molecule has 0 aliphatic rings. The Kier molecular flexibility index (Phi) is 4.93. The Hall–Kier alpha value is -1.86. The molecule has 98 valence electrons. The van der Waals surface area contributed by atoms with Crippen molar-refractivity contribution in [3.05, 3.63) is 71.8 Å². The van der Waals surface area contributed by atoms with Crippen LogP contribution in [0.25, 0.3) is 11.1 Å². The van der Waals surface area contributed by atoms with Gasteiger partial charge in [-0.1, -0.05) is 66.2 Å². The van der Waals surface area contributed by atoms with Crippen LogP contribution < -0.4 is 0 Å². The minimum atomic E-state index is 0.138. The number of allylic oxidation sites excluding steroid dienone is 1. The van der Waals surface area contributed by atoms with Crippen LogP contribution in [0.2, 0.25) is 0 Å². The van der Waals surface area contributed by atoms with E-state index in [0.29, 0.717) is 0 Å². The molecule has 0 radical (unpaired) electrons. The molecule has 19 heavy (non-hydrogen) atoms. The summed E-state index contributed by atoms with van der Waals surface area (Å²) in [5.41, 5.74) is 5.09. The number of hydrogen-bond donors (Lipinski definition) is 1. The highest BCUT2D eigenvalue weighted by Gasteiger charge is 1.98. The molecule has 0 saturated carbocycles. The van der Waals surface area contributed by atoms with Crippen LogP contribution in [0.4, 0.5) is 0 Å². The third-order valence-corrected chi connectivity index (χ3v) is 3.31. The van der Waals surface area contributed by atoms with Crippen molar-refractivity contribution in [3.8, 4) is 11.1 Å². The van der Waals surface area contributed by atoms with Crippen LogP contribution in [-0.4, -0.2) is 11.7 Å². The fourth-order valence-corrected chi connectivity index (χ4v) is 2.09. The van der Waals surface area contributed by atoms with Gasteiger partial charge in [-0.15, -0.1) is 0 Å². The highest BCUT2D eigenvalue weighted by molar-refractivity contribution is 5.63. The summed E-state index contributed by atoms with van der Waals surface area (Å²) in [6.07, 6.45) is 3.90. The Labute approximate surface area is 115 Å². The van der Waals surface area contributed by atoms with Gasteiger partial charge in [0, 0.05) is 0 Å². The number of benzene rings is 2. The summed E-state index contributed by atoms with van der Waals surface area (Å²) >= 11 is 0. The molecule has 0 heterocycles. The lowest BCUT2D eigenvalue weighted by molar-refractivity contribution is 0.341. The van der Waals surface area contributed by atoms with Gasteiger partial charge in [0.2, 0.25) is 0 Å². The van der Waals surface area contributed by atoms with Gasteiger partial charge in [-0.3, -0.25) is 0 Å². The molecular formula is C18H20O. The molecule has 2 rings (SSSR count). The number of aryl methyl sites for hydroxylation is 1. The first-order valence-electron chi connectivity index (χ1n) is 6.70. The summed E-state index contributed by atoms with van der Waals surface area (Å²) < 4.78 is 0. The number of aliphatic hydroxyl groups is 1. The van der Waals surface area contributed by atoms with E-state index in [2.05, 4.69) is 55.5 Å². The molecule has 1 nitrogen and oxygen atoms in total. The van der Waals surface area contributed by atoms with Crippen molar-refractivity contribution in [1.29, 1.82) is 0 Å². The topological polar surface area (TPSA) is 20.2 Å². The first-order valence-corrected chi connectivity index (χ1v) is 6.70. The maximum atomic E-state index is 8.82. The predicted molar refractivity (Wildman–Crippen MR) is 81.0 cm³/mol. The second kappa shape index (κ2) is 6.91. The van der Waals surface area contributed by atoms with Crippen LogP contribution in [-0.2, 0) is 6.42 Å². The normalized spacial score (nSPS) is 11.6. The van der Waals surface area contributed by atoms with Gasteiger partial charge in [0.1, 0.15) is 0 Å². The first kappa shape index (κ1) is 13.6.